The number of hydrogen-bond acceptors (Lipinski definition) is 0. The number of hydrogen-bond donors (Lipinski definition) is 0. The van der Waals surface area contributed by atoms with Crippen LogP contribution in [0.15, 0.2) is 0 Å². The summed E-state index contributed by atoms with van der Waals surface area (Å²) in [5.74, 6) is 0.934. The van der Waals surface area contributed by atoms with Gasteiger partial charge in [-0.2, -0.15) is 0 Å². The van der Waals surface area contributed by atoms with E-state index in [1.54, 1.807) is 0 Å². The highest BCUT2D eigenvalue weighted by molar-refractivity contribution is 7.52. The molecule has 0 N–H and O–H groups in total. The molecule has 0 amide bonds. The van der Waals surface area contributed by atoms with Crippen LogP contribution in [0.25, 0.3) is 0 Å². The minimum absolute atomic E-state index is 0.565. The standard InChI is InChI=1S/C16H36P2/c1-5-9-12-15(8-4)16(17,13-10-6-2)18-14-11-7-3/h15,18H,5-14,17H2,1-4H3. The van der Waals surface area contributed by atoms with Crippen LogP contribution in [0.4, 0.5) is 0 Å². The van der Waals surface area contributed by atoms with E-state index in [0.717, 1.165) is 14.5 Å². The second-order valence-corrected chi connectivity index (χ2v) is 9.06. The Labute approximate surface area is 120 Å². The Bertz CT molecular complexity index is 182. The second-order valence-electron chi connectivity index (χ2n) is 5.67. The lowest BCUT2D eigenvalue weighted by Crippen LogP contribution is -2.27. The third kappa shape index (κ3) is 7.45. The summed E-state index contributed by atoms with van der Waals surface area (Å²) in [5, 5.41) is 0. The average molecular weight is 290 g/mol. The molecule has 0 saturated carbocycles. The maximum absolute atomic E-state index is 3.30. The van der Waals surface area contributed by atoms with Gasteiger partial charge < -0.3 is 0 Å². The smallest absolute Gasteiger partial charge is 0.00492 e. The molecule has 4 unspecified atom stereocenters. The summed E-state index contributed by atoms with van der Waals surface area (Å²) in [7, 11) is 4.46. The van der Waals surface area contributed by atoms with E-state index in [1.165, 1.54) is 63.9 Å². The van der Waals surface area contributed by atoms with Crippen molar-refractivity contribution in [3.8, 4) is 0 Å². The first-order chi connectivity index (χ1) is 8.64. The van der Waals surface area contributed by atoms with E-state index in [2.05, 4.69) is 36.9 Å². The van der Waals surface area contributed by atoms with Crippen molar-refractivity contribution >= 4 is 17.8 Å². The Balaban J connectivity index is 4.46. The number of unbranched alkanes of at least 4 members (excludes halogenated alkanes) is 3. The van der Waals surface area contributed by atoms with Gasteiger partial charge in [0.2, 0.25) is 0 Å². The summed E-state index contributed by atoms with van der Waals surface area (Å²) < 4.78 is 0. The van der Waals surface area contributed by atoms with Crippen LogP contribution in [0.1, 0.15) is 85.5 Å². The van der Waals surface area contributed by atoms with Gasteiger partial charge in [-0.25, -0.2) is 0 Å². The van der Waals surface area contributed by atoms with E-state index < -0.39 is 0 Å². The van der Waals surface area contributed by atoms with E-state index in [4.69, 9.17) is 0 Å². The van der Waals surface area contributed by atoms with Gasteiger partial charge in [0.1, 0.15) is 0 Å². The molecular weight excluding hydrogens is 254 g/mol. The van der Waals surface area contributed by atoms with Crippen LogP contribution in [-0.4, -0.2) is 11.1 Å². The van der Waals surface area contributed by atoms with E-state index in [0.29, 0.717) is 4.90 Å². The van der Waals surface area contributed by atoms with Crippen LogP contribution in [0.2, 0.25) is 0 Å². The lowest BCUT2D eigenvalue weighted by atomic mass is 9.92. The predicted octanol–water partition coefficient (Wildman–Crippen LogP) is 6.44. The van der Waals surface area contributed by atoms with Gasteiger partial charge in [-0.1, -0.05) is 66.2 Å². The monoisotopic (exact) mass is 290 g/mol. The highest BCUT2D eigenvalue weighted by Crippen LogP contribution is 2.51. The van der Waals surface area contributed by atoms with Crippen molar-refractivity contribution in [1.82, 2.24) is 0 Å². The highest BCUT2D eigenvalue weighted by Gasteiger charge is 2.31. The normalized spacial score (nSPS) is 17.2. The van der Waals surface area contributed by atoms with E-state index in [-0.39, 0.29) is 0 Å². The molecule has 0 fully saturated rings. The molecule has 18 heavy (non-hydrogen) atoms. The van der Waals surface area contributed by atoms with Gasteiger partial charge in [0.25, 0.3) is 0 Å². The van der Waals surface area contributed by atoms with Crippen LogP contribution in [0, 0.1) is 5.92 Å². The largest absolute Gasteiger partial charge is 0.126 e. The molecule has 0 radical (unpaired) electrons. The number of rotatable bonds is 12. The van der Waals surface area contributed by atoms with Gasteiger partial charge in [0.05, 0.1) is 0 Å². The molecule has 0 aromatic rings. The molecule has 0 heterocycles. The Kier molecular flexibility index (Phi) is 12.2. The summed E-state index contributed by atoms with van der Waals surface area (Å²) in [6.45, 7) is 9.36. The summed E-state index contributed by atoms with van der Waals surface area (Å²) in [4.78, 5) is 0.565. The molecule has 0 aliphatic rings. The van der Waals surface area contributed by atoms with Crippen molar-refractivity contribution < 1.29 is 0 Å². The first-order valence-corrected chi connectivity index (χ1v) is 9.96. The van der Waals surface area contributed by atoms with Crippen LogP contribution in [0.3, 0.4) is 0 Å². The van der Waals surface area contributed by atoms with Gasteiger partial charge in [-0.15, -0.1) is 17.8 Å². The quantitative estimate of drug-likeness (QED) is 0.286. The van der Waals surface area contributed by atoms with Crippen LogP contribution < -0.4 is 0 Å². The van der Waals surface area contributed by atoms with Crippen molar-refractivity contribution in [3.05, 3.63) is 0 Å². The molecule has 0 aliphatic carbocycles. The topological polar surface area (TPSA) is 0 Å². The Morgan fingerprint density at radius 2 is 1.56 bits per heavy atom. The zero-order chi connectivity index (χ0) is 13.9. The zero-order valence-electron chi connectivity index (χ0n) is 13.2. The van der Waals surface area contributed by atoms with Crippen molar-refractivity contribution in [1.29, 1.82) is 0 Å². The van der Waals surface area contributed by atoms with Crippen molar-refractivity contribution in [2.75, 3.05) is 6.16 Å². The maximum Gasteiger partial charge on any atom is 0.00492 e. The third-order valence-electron chi connectivity index (χ3n) is 4.06. The van der Waals surface area contributed by atoms with E-state index >= 15 is 0 Å². The summed E-state index contributed by atoms with van der Waals surface area (Å²) >= 11 is 0. The highest BCUT2D eigenvalue weighted by atomic mass is 31.1. The van der Waals surface area contributed by atoms with E-state index in [9.17, 15) is 0 Å². The molecule has 0 rings (SSSR count). The Morgan fingerprint density at radius 1 is 0.944 bits per heavy atom. The average Bonchev–Trinajstić information content (AvgIpc) is 2.37. The molecule has 0 aromatic carbocycles. The Morgan fingerprint density at radius 3 is 2.06 bits per heavy atom. The minimum Gasteiger partial charge on any atom is -0.126 e. The molecule has 4 atom stereocenters. The van der Waals surface area contributed by atoms with Gasteiger partial charge in [0.15, 0.2) is 0 Å². The molecule has 0 aromatic heterocycles. The molecule has 2 heteroatoms. The predicted molar refractivity (Wildman–Crippen MR) is 93.4 cm³/mol. The SMILES string of the molecule is CCCCPC(P)(CCCC)C(CC)CCCC. The molecular formula is C16H36P2. The molecule has 0 spiro atoms. The fraction of sp³-hybridized carbons (Fsp3) is 1.00. The van der Waals surface area contributed by atoms with Crippen molar-refractivity contribution in [2.45, 2.75) is 90.4 Å². The first-order valence-electron chi connectivity index (χ1n) is 8.18. The maximum atomic E-state index is 3.30. The summed E-state index contributed by atoms with van der Waals surface area (Å²) in [6.07, 6.45) is 14.0. The Hall–Kier alpha value is 0.860. The van der Waals surface area contributed by atoms with Crippen LogP contribution >= 0.6 is 17.8 Å². The fourth-order valence-corrected chi connectivity index (χ4v) is 5.71. The second kappa shape index (κ2) is 11.7. The van der Waals surface area contributed by atoms with Crippen molar-refractivity contribution in [3.63, 3.8) is 0 Å². The summed E-state index contributed by atoms with van der Waals surface area (Å²) in [5.41, 5.74) is 0. The fourth-order valence-electron chi connectivity index (χ4n) is 2.68. The first kappa shape index (κ1) is 18.9. The van der Waals surface area contributed by atoms with Gasteiger partial charge >= 0.3 is 0 Å². The molecule has 0 bridgehead atoms. The molecule has 110 valence electrons. The molecule has 0 saturated heterocycles. The van der Waals surface area contributed by atoms with Crippen LogP contribution in [-0.2, 0) is 0 Å². The zero-order valence-corrected chi connectivity index (χ0v) is 15.4. The minimum atomic E-state index is 0.565. The lowest BCUT2D eigenvalue weighted by Gasteiger charge is -2.38. The molecule has 0 nitrogen and oxygen atoms in total. The third-order valence-corrected chi connectivity index (χ3v) is 7.35. The molecule has 0 aliphatic heterocycles. The lowest BCUT2D eigenvalue weighted by molar-refractivity contribution is 0.388. The van der Waals surface area contributed by atoms with Crippen molar-refractivity contribution in [2.24, 2.45) is 5.92 Å². The van der Waals surface area contributed by atoms with Crippen LogP contribution in [0.5, 0.6) is 0 Å². The van der Waals surface area contributed by atoms with Gasteiger partial charge in [-0.3, -0.25) is 0 Å². The summed E-state index contributed by atoms with van der Waals surface area (Å²) in [6, 6.07) is 0. The van der Waals surface area contributed by atoms with E-state index in [1.807, 2.05) is 0 Å². The van der Waals surface area contributed by atoms with Gasteiger partial charge in [0, 0.05) is 4.90 Å². The van der Waals surface area contributed by atoms with Gasteiger partial charge in [-0.05, 0) is 31.3 Å².